The molecule has 0 amide bonds. The predicted molar refractivity (Wildman–Crippen MR) is 98.3 cm³/mol. The van der Waals surface area contributed by atoms with Gasteiger partial charge in [0.05, 0.1) is 6.20 Å². The second-order valence-electron chi connectivity index (χ2n) is 6.85. The molecule has 1 atom stereocenters. The topological polar surface area (TPSA) is 47.8 Å². The molecular formula is C21H21N3O. The van der Waals surface area contributed by atoms with Gasteiger partial charge in [-0.3, -0.25) is 4.79 Å². The fraction of sp³-hybridized carbons (Fsp3) is 0.286. The summed E-state index contributed by atoms with van der Waals surface area (Å²) in [5.74, 6) is 1.03. The molecule has 126 valence electrons. The van der Waals surface area contributed by atoms with Gasteiger partial charge < -0.3 is 0 Å². The number of pyridine rings is 1. The number of hydrogen-bond donors (Lipinski definition) is 0. The Balaban J connectivity index is 1.69. The van der Waals surface area contributed by atoms with E-state index in [-0.39, 0.29) is 5.56 Å². The van der Waals surface area contributed by atoms with Gasteiger partial charge in [0, 0.05) is 11.8 Å². The van der Waals surface area contributed by atoms with Crippen molar-refractivity contribution < 1.29 is 0 Å². The third kappa shape index (κ3) is 2.88. The molecular weight excluding hydrogens is 310 g/mol. The highest BCUT2D eigenvalue weighted by molar-refractivity contribution is 5.37. The van der Waals surface area contributed by atoms with Crippen LogP contribution >= 0.6 is 0 Å². The smallest absolute Gasteiger partial charge is 0.267 e. The molecule has 0 saturated carbocycles. The Kier molecular flexibility index (Phi) is 3.96. The van der Waals surface area contributed by atoms with Gasteiger partial charge in [-0.05, 0) is 67.9 Å². The van der Waals surface area contributed by atoms with Crippen LogP contribution in [0.3, 0.4) is 0 Å². The van der Waals surface area contributed by atoms with Gasteiger partial charge in [-0.1, -0.05) is 29.8 Å². The van der Waals surface area contributed by atoms with Crippen molar-refractivity contribution in [3.8, 4) is 5.82 Å². The number of nitrogens with zero attached hydrogens (tertiary/aromatic N) is 3. The van der Waals surface area contributed by atoms with Gasteiger partial charge >= 0.3 is 0 Å². The molecule has 4 nitrogen and oxygen atoms in total. The van der Waals surface area contributed by atoms with Crippen molar-refractivity contribution in [3.63, 3.8) is 0 Å². The van der Waals surface area contributed by atoms with Crippen LogP contribution in [0.2, 0.25) is 0 Å². The van der Waals surface area contributed by atoms with Crippen molar-refractivity contribution in [2.45, 2.75) is 39.0 Å². The third-order valence-corrected chi connectivity index (χ3v) is 5.11. The van der Waals surface area contributed by atoms with E-state index in [1.54, 1.807) is 6.20 Å². The Bertz CT molecular complexity index is 976. The molecule has 4 heteroatoms. The molecule has 0 fully saturated rings. The molecule has 2 heterocycles. The maximum atomic E-state index is 12.8. The van der Waals surface area contributed by atoms with E-state index in [2.05, 4.69) is 42.1 Å². The largest absolute Gasteiger partial charge is 0.276 e. The molecule has 1 aromatic carbocycles. The standard InChI is InChI=1S/C21H21N3O/c1-14-6-8-18(15(2)11-14)16-7-9-19-17(12-16)13-23-24(21(19)25)20-5-3-4-10-22-20/h3-6,8,10-11,13,16H,7,9,12H2,1-2H3. The molecule has 3 aromatic rings. The number of fused-ring (bicyclic) bond motifs is 1. The average Bonchev–Trinajstić information content (AvgIpc) is 2.62. The lowest BCUT2D eigenvalue weighted by molar-refractivity contribution is 0.565. The molecule has 0 bridgehead atoms. The van der Waals surface area contributed by atoms with Crippen molar-refractivity contribution in [3.05, 3.63) is 87.0 Å². The minimum atomic E-state index is -0.0321. The summed E-state index contributed by atoms with van der Waals surface area (Å²) in [6, 6.07) is 12.2. The Labute approximate surface area is 147 Å². The Morgan fingerprint density at radius 3 is 2.80 bits per heavy atom. The molecule has 1 aliphatic rings. The molecule has 0 N–H and O–H groups in total. The number of rotatable bonds is 2. The average molecular weight is 331 g/mol. The van der Waals surface area contributed by atoms with Gasteiger partial charge in [0.15, 0.2) is 5.82 Å². The Hall–Kier alpha value is -2.75. The molecule has 0 radical (unpaired) electrons. The molecule has 4 rings (SSSR count). The SMILES string of the molecule is Cc1ccc(C2CCc3c(cnn(-c4ccccn4)c3=O)C2)c(C)c1. The van der Waals surface area contributed by atoms with Gasteiger partial charge in [0.25, 0.3) is 5.56 Å². The van der Waals surface area contributed by atoms with Gasteiger partial charge in [-0.2, -0.15) is 9.78 Å². The van der Waals surface area contributed by atoms with Crippen LogP contribution in [-0.2, 0) is 12.8 Å². The quantitative estimate of drug-likeness (QED) is 0.722. The minimum Gasteiger partial charge on any atom is -0.267 e. The van der Waals surface area contributed by atoms with E-state index < -0.39 is 0 Å². The molecule has 0 aliphatic heterocycles. The second-order valence-corrected chi connectivity index (χ2v) is 6.85. The number of benzene rings is 1. The molecule has 25 heavy (non-hydrogen) atoms. The summed E-state index contributed by atoms with van der Waals surface area (Å²) in [4.78, 5) is 17.1. The van der Waals surface area contributed by atoms with Crippen molar-refractivity contribution in [1.29, 1.82) is 0 Å². The molecule has 1 aliphatic carbocycles. The maximum absolute atomic E-state index is 12.8. The summed E-state index contributed by atoms with van der Waals surface area (Å²) in [7, 11) is 0. The lowest BCUT2D eigenvalue weighted by Gasteiger charge is -2.26. The van der Waals surface area contributed by atoms with E-state index in [1.807, 2.05) is 24.4 Å². The zero-order chi connectivity index (χ0) is 17.4. The highest BCUT2D eigenvalue weighted by Gasteiger charge is 2.24. The summed E-state index contributed by atoms with van der Waals surface area (Å²) in [5.41, 5.74) is 5.95. The lowest BCUT2D eigenvalue weighted by Crippen LogP contribution is -2.30. The Morgan fingerprint density at radius 1 is 1.16 bits per heavy atom. The lowest BCUT2D eigenvalue weighted by atomic mass is 9.79. The molecule has 2 aromatic heterocycles. The predicted octanol–water partition coefficient (Wildman–Crippen LogP) is 3.52. The van der Waals surface area contributed by atoms with Crippen molar-refractivity contribution in [2.24, 2.45) is 0 Å². The molecule has 0 spiro atoms. The van der Waals surface area contributed by atoms with E-state index in [9.17, 15) is 4.79 Å². The fourth-order valence-corrected chi connectivity index (χ4v) is 3.84. The van der Waals surface area contributed by atoms with Crippen molar-refractivity contribution >= 4 is 0 Å². The van der Waals surface area contributed by atoms with Gasteiger partial charge in [0.2, 0.25) is 0 Å². The zero-order valence-electron chi connectivity index (χ0n) is 14.6. The highest BCUT2D eigenvalue weighted by Crippen LogP contribution is 2.33. The van der Waals surface area contributed by atoms with Crippen LogP contribution in [0, 0.1) is 13.8 Å². The highest BCUT2D eigenvalue weighted by atomic mass is 16.1. The Morgan fingerprint density at radius 2 is 2.04 bits per heavy atom. The summed E-state index contributed by atoms with van der Waals surface area (Å²) in [5, 5.41) is 4.37. The van der Waals surface area contributed by atoms with E-state index in [1.165, 1.54) is 21.4 Å². The summed E-state index contributed by atoms with van der Waals surface area (Å²) in [6.45, 7) is 4.30. The van der Waals surface area contributed by atoms with Gasteiger partial charge in [-0.25, -0.2) is 4.98 Å². The van der Waals surface area contributed by atoms with Crippen molar-refractivity contribution in [1.82, 2.24) is 14.8 Å². The first-order valence-electron chi connectivity index (χ1n) is 8.72. The second kappa shape index (κ2) is 6.28. The van der Waals surface area contributed by atoms with Crippen LogP contribution in [0.1, 0.15) is 40.2 Å². The summed E-state index contributed by atoms with van der Waals surface area (Å²) in [6.07, 6.45) is 6.20. The number of aryl methyl sites for hydroxylation is 2. The monoisotopic (exact) mass is 331 g/mol. The molecule has 0 saturated heterocycles. The zero-order valence-corrected chi connectivity index (χ0v) is 14.6. The molecule has 1 unspecified atom stereocenters. The van der Waals surface area contributed by atoms with Gasteiger partial charge in [0.1, 0.15) is 0 Å². The first-order chi connectivity index (χ1) is 12.1. The first kappa shape index (κ1) is 15.8. The van der Waals surface area contributed by atoms with Crippen molar-refractivity contribution in [2.75, 3.05) is 0 Å². The summed E-state index contributed by atoms with van der Waals surface area (Å²) < 4.78 is 1.41. The number of hydrogen-bond acceptors (Lipinski definition) is 3. The van der Waals surface area contributed by atoms with Crippen LogP contribution in [0.4, 0.5) is 0 Å². The van der Waals surface area contributed by atoms with Gasteiger partial charge in [-0.15, -0.1) is 0 Å². The van der Waals surface area contributed by atoms with E-state index in [0.29, 0.717) is 11.7 Å². The van der Waals surface area contributed by atoms with E-state index in [0.717, 1.165) is 30.4 Å². The fourth-order valence-electron chi connectivity index (χ4n) is 3.84. The van der Waals surface area contributed by atoms with Crippen LogP contribution in [-0.4, -0.2) is 14.8 Å². The van der Waals surface area contributed by atoms with Crippen LogP contribution < -0.4 is 5.56 Å². The summed E-state index contributed by atoms with van der Waals surface area (Å²) >= 11 is 0. The van der Waals surface area contributed by atoms with E-state index >= 15 is 0 Å². The third-order valence-electron chi connectivity index (χ3n) is 5.11. The minimum absolute atomic E-state index is 0.0321. The number of aromatic nitrogens is 3. The van der Waals surface area contributed by atoms with Crippen LogP contribution in [0.5, 0.6) is 0 Å². The maximum Gasteiger partial charge on any atom is 0.276 e. The van der Waals surface area contributed by atoms with Crippen LogP contribution in [0.25, 0.3) is 5.82 Å². The first-order valence-corrected chi connectivity index (χ1v) is 8.72. The van der Waals surface area contributed by atoms with Crippen LogP contribution in [0.15, 0.2) is 53.6 Å². The van der Waals surface area contributed by atoms with E-state index in [4.69, 9.17) is 0 Å². The normalized spacial score (nSPS) is 16.5.